The van der Waals surface area contributed by atoms with E-state index in [1.807, 2.05) is 22.8 Å². The van der Waals surface area contributed by atoms with Gasteiger partial charge in [-0.1, -0.05) is 23.7 Å². The van der Waals surface area contributed by atoms with Crippen molar-refractivity contribution < 1.29 is 14.4 Å². The Hall–Kier alpha value is -2.42. The minimum absolute atomic E-state index is 0.0299. The van der Waals surface area contributed by atoms with Crippen molar-refractivity contribution in [3.8, 4) is 0 Å². The highest BCUT2D eigenvalue weighted by Crippen LogP contribution is 2.29. The molecule has 3 heterocycles. The zero-order valence-corrected chi connectivity index (χ0v) is 20.4. The van der Waals surface area contributed by atoms with Crippen molar-refractivity contribution in [3.05, 3.63) is 51.4 Å². The number of nitrogens with one attached hydrogen (secondary N) is 1. The maximum atomic E-state index is 13.1. The van der Waals surface area contributed by atoms with Gasteiger partial charge in [0.25, 0.3) is 11.8 Å². The number of halogens is 1. The molecule has 4 rings (SSSR count). The molecular formula is C24H29ClN4O3S. The lowest BCUT2D eigenvalue weighted by Crippen LogP contribution is -2.52. The first-order valence-electron chi connectivity index (χ1n) is 11.4. The number of thiophene rings is 1. The summed E-state index contributed by atoms with van der Waals surface area (Å²) in [6.07, 6.45) is 3.39. The summed E-state index contributed by atoms with van der Waals surface area (Å²) in [6, 6.07) is 8.69. The molecule has 2 aromatic rings. The van der Waals surface area contributed by atoms with E-state index in [9.17, 15) is 14.4 Å². The summed E-state index contributed by atoms with van der Waals surface area (Å²) < 4.78 is 0. The van der Waals surface area contributed by atoms with Gasteiger partial charge >= 0.3 is 0 Å². The normalized spacial score (nSPS) is 17.2. The fourth-order valence-corrected chi connectivity index (χ4v) is 5.53. The largest absolute Gasteiger partial charge is 0.342 e. The number of benzene rings is 1. The van der Waals surface area contributed by atoms with E-state index in [2.05, 4.69) is 10.2 Å². The molecule has 3 amide bonds. The van der Waals surface area contributed by atoms with Crippen LogP contribution in [0.1, 0.15) is 44.9 Å². The van der Waals surface area contributed by atoms with Crippen LogP contribution in [-0.2, 0) is 4.79 Å². The topological polar surface area (TPSA) is 73.0 Å². The van der Waals surface area contributed by atoms with Crippen LogP contribution in [0, 0.1) is 6.92 Å². The molecule has 0 unspecified atom stereocenters. The standard InChI is InChI=1S/C24H29ClN4O3S/c1-17-15-20(26-23(31)18-7-3-4-8-19(18)25)33-22(17)24(32)29-13-11-27(12-14-29)16-21(30)28-9-5-2-6-10-28/h3-4,7-8,15H,2,5-6,9-14,16H2,1H3,(H,26,31). The molecule has 0 saturated carbocycles. The summed E-state index contributed by atoms with van der Waals surface area (Å²) in [5.74, 6) is -0.131. The quantitative estimate of drug-likeness (QED) is 0.696. The molecule has 2 fully saturated rings. The van der Waals surface area contributed by atoms with Crippen molar-refractivity contribution in [1.29, 1.82) is 0 Å². The number of anilines is 1. The molecule has 0 spiro atoms. The van der Waals surface area contributed by atoms with Crippen LogP contribution >= 0.6 is 22.9 Å². The molecule has 33 heavy (non-hydrogen) atoms. The number of carbonyl (C=O) groups is 3. The Bertz CT molecular complexity index is 1030. The molecule has 1 N–H and O–H groups in total. The second-order valence-electron chi connectivity index (χ2n) is 8.57. The van der Waals surface area contributed by atoms with Gasteiger partial charge in [0, 0.05) is 39.3 Å². The Morgan fingerprint density at radius 2 is 1.67 bits per heavy atom. The molecular weight excluding hydrogens is 460 g/mol. The van der Waals surface area contributed by atoms with Gasteiger partial charge in [-0.05, 0) is 49.9 Å². The van der Waals surface area contributed by atoms with E-state index >= 15 is 0 Å². The first-order valence-corrected chi connectivity index (χ1v) is 12.6. The fourth-order valence-electron chi connectivity index (χ4n) is 4.27. The third-order valence-electron chi connectivity index (χ3n) is 6.19. The first-order chi connectivity index (χ1) is 15.9. The minimum Gasteiger partial charge on any atom is -0.342 e. The van der Waals surface area contributed by atoms with Crippen molar-refractivity contribution in [2.24, 2.45) is 0 Å². The SMILES string of the molecule is Cc1cc(NC(=O)c2ccccc2Cl)sc1C(=O)N1CCN(CC(=O)N2CCCCC2)CC1. The predicted molar refractivity (Wildman–Crippen MR) is 131 cm³/mol. The average molecular weight is 489 g/mol. The van der Waals surface area contributed by atoms with Gasteiger partial charge in [-0.15, -0.1) is 11.3 Å². The third-order valence-corrected chi connectivity index (χ3v) is 7.66. The molecule has 0 bridgehead atoms. The number of hydrogen-bond acceptors (Lipinski definition) is 5. The smallest absolute Gasteiger partial charge is 0.264 e. The molecule has 0 aliphatic carbocycles. The lowest BCUT2D eigenvalue weighted by Gasteiger charge is -2.36. The molecule has 7 nitrogen and oxygen atoms in total. The van der Waals surface area contributed by atoms with Gasteiger partial charge in [-0.25, -0.2) is 0 Å². The number of likely N-dealkylation sites (tertiary alicyclic amines) is 1. The molecule has 2 saturated heterocycles. The van der Waals surface area contributed by atoms with Crippen LogP contribution < -0.4 is 5.32 Å². The highest BCUT2D eigenvalue weighted by atomic mass is 35.5. The number of aryl methyl sites for hydroxylation is 1. The molecule has 0 radical (unpaired) electrons. The number of piperidine rings is 1. The molecule has 2 aliphatic rings. The van der Waals surface area contributed by atoms with E-state index < -0.39 is 0 Å². The number of hydrogen-bond donors (Lipinski definition) is 1. The van der Waals surface area contributed by atoms with Crippen molar-refractivity contribution in [3.63, 3.8) is 0 Å². The Morgan fingerprint density at radius 1 is 0.970 bits per heavy atom. The molecule has 1 aromatic heterocycles. The number of carbonyl (C=O) groups excluding carboxylic acids is 3. The van der Waals surface area contributed by atoms with Crippen LogP contribution in [0.25, 0.3) is 0 Å². The van der Waals surface area contributed by atoms with Crippen LogP contribution in [0.2, 0.25) is 5.02 Å². The van der Waals surface area contributed by atoms with Gasteiger partial charge in [0.05, 0.1) is 27.0 Å². The van der Waals surface area contributed by atoms with Crippen LogP contribution in [0.3, 0.4) is 0 Å². The van der Waals surface area contributed by atoms with Crippen molar-refractivity contribution in [1.82, 2.24) is 14.7 Å². The van der Waals surface area contributed by atoms with E-state index in [1.165, 1.54) is 17.8 Å². The molecule has 2 aliphatic heterocycles. The van der Waals surface area contributed by atoms with Crippen molar-refractivity contribution in [2.75, 3.05) is 51.1 Å². The van der Waals surface area contributed by atoms with Gasteiger partial charge < -0.3 is 15.1 Å². The average Bonchev–Trinajstić information content (AvgIpc) is 3.19. The van der Waals surface area contributed by atoms with Crippen LogP contribution in [0.5, 0.6) is 0 Å². The van der Waals surface area contributed by atoms with Gasteiger partial charge in [0.15, 0.2) is 0 Å². The summed E-state index contributed by atoms with van der Waals surface area (Å²) in [6.45, 7) is 6.59. The Kier molecular flexibility index (Phi) is 7.67. The van der Waals surface area contributed by atoms with E-state index in [0.29, 0.717) is 53.2 Å². The summed E-state index contributed by atoms with van der Waals surface area (Å²) >= 11 is 7.39. The molecule has 0 atom stereocenters. The fraction of sp³-hybridized carbons (Fsp3) is 0.458. The maximum absolute atomic E-state index is 13.1. The van der Waals surface area contributed by atoms with Gasteiger partial charge in [0.1, 0.15) is 0 Å². The number of piperazine rings is 1. The third kappa shape index (κ3) is 5.75. The first kappa shape index (κ1) is 23.7. The number of rotatable bonds is 5. The van der Waals surface area contributed by atoms with Crippen LogP contribution in [0.4, 0.5) is 5.00 Å². The summed E-state index contributed by atoms with van der Waals surface area (Å²) in [7, 11) is 0. The second kappa shape index (κ2) is 10.7. The van der Waals surface area contributed by atoms with Gasteiger partial charge in [-0.2, -0.15) is 0 Å². The maximum Gasteiger partial charge on any atom is 0.264 e. The van der Waals surface area contributed by atoms with Gasteiger partial charge in [0.2, 0.25) is 5.91 Å². The monoisotopic (exact) mass is 488 g/mol. The zero-order chi connectivity index (χ0) is 23.4. The Labute approximate surface area is 203 Å². The number of nitrogens with zero attached hydrogens (tertiary/aromatic N) is 3. The Morgan fingerprint density at radius 3 is 2.36 bits per heavy atom. The van der Waals surface area contributed by atoms with E-state index in [4.69, 9.17) is 11.6 Å². The Balaban J connectivity index is 1.31. The molecule has 176 valence electrons. The number of amides is 3. The van der Waals surface area contributed by atoms with Crippen molar-refractivity contribution in [2.45, 2.75) is 26.2 Å². The lowest BCUT2D eigenvalue weighted by molar-refractivity contribution is -0.133. The minimum atomic E-state index is -0.298. The van der Waals surface area contributed by atoms with Crippen molar-refractivity contribution >= 4 is 45.7 Å². The highest BCUT2D eigenvalue weighted by molar-refractivity contribution is 7.18. The lowest BCUT2D eigenvalue weighted by atomic mass is 10.1. The molecule has 1 aromatic carbocycles. The van der Waals surface area contributed by atoms with Crippen LogP contribution in [0.15, 0.2) is 30.3 Å². The summed E-state index contributed by atoms with van der Waals surface area (Å²) in [5, 5.41) is 3.85. The van der Waals surface area contributed by atoms with E-state index in [0.717, 1.165) is 31.5 Å². The second-order valence-corrected chi connectivity index (χ2v) is 10.0. The predicted octanol–water partition coefficient (Wildman–Crippen LogP) is 3.73. The van der Waals surface area contributed by atoms with Gasteiger partial charge in [-0.3, -0.25) is 19.3 Å². The van der Waals surface area contributed by atoms with E-state index in [1.54, 1.807) is 24.3 Å². The molecule has 9 heteroatoms. The summed E-state index contributed by atoms with van der Waals surface area (Å²) in [5.41, 5.74) is 1.23. The zero-order valence-electron chi connectivity index (χ0n) is 18.8. The highest BCUT2D eigenvalue weighted by Gasteiger charge is 2.27. The van der Waals surface area contributed by atoms with E-state index in [-0.39, 0.29) is 17.7 Å². The summed E-state index contributed by atoms with van der Waals surface area (Å²) in [4.78, 5) is 44.8. The van der Waals surface area contributed by atoms with Crippen LogP contribution in [-0.4, -0.2) is 78.2 Å².